The summed E-state index contributed by atoms with van der Waals surface area (Å²) in [6, 6.07) is 8.84. The number of benzene rings is 2. The fourth-order valence-electron chi connectivity index (χ4n) is 4.32. The Morgan fingerprint density at radius 2 is 2.00 bits per heavy atom. The second kappa shape index (κ2) is 9.24. The number of carbonyl (C=O) groups is 1. The van der Waals surface area contributed by atoms with Gasteiger partial charge in [-0.15, -0.1) is 0 Å². The molecule has 0 fully saturated rings. The van der Waals surface area contributed by atoms with E-state index in [4.69, 9.17) is 4.84 Å². The van der Waals surface area contributed by atoms with E-state index in [2.05, 4.69) is 20.3 Å². The van der Waals surface area contributed by atoms with Crippen LogP contribution in [0.5, 0.6) is 0 Å². The minimum absolute atomic E-state index is 0.0602. The normalized spacial score (nSPS) is 13.4. The molecule has 0 radical (unpaired) electrons. The second-order valence-electron chi connectivity index (χ2n) is 8.11. The third-order valence-corrected chi connectivity index (χ3v) is 7.57. The van der Waals surface area contributed by atoms with E-state index >= 15 is 4.39 Å². The molecule has 13 heteroatoms. The number of hydrogen-bond acceptors (Lipinski definition) is 8. The van der Waals surface area contributed by atoms with Crippen molar-refractivity contribution in [2.75, 3.05) is 23.4 Å². The largest absolute Gasteiger partial charge is 0.369 e. The van der Waals surface area contributed by atoms with Crippen LogP contribution in [0.15, 0.2) is 58.5 Å². The van der Waals surface area contributed by atoms with E-state index in [1.165, 1.54) is 18.2 Å². The van der Waals surface area contributed by atoms with Crippen LogP contribution in [-0.4, -0.2) is 43.0 Å². The van der Waals surface area contributed by atoms with E-state index in [-0.39, 0.29) is 16.5 Å². The zero-order valence-electron chi connectivity index (χ0n) is 19.6. The van der Waals surface area contributed by atoms with Gasteiger partial charge in [0.25, 0.3) is 10.0 Å². The first-order valence-corrected chi connectivity index (χ1v) is 12.5. The third kappa shape index (κ3) is 3.96. The Balaban J connectivity index is 1.75. The van der Waals surface area contributed by atoms with Crippen molar-refractivity contribution in [3.8, 4) is 22.5 Å². The average Bonchev–Trinajstić information content (AvgIpc) is 3.38. The number of pyridine rings is 1. The summed E-state index contributed by atoms with van der Waals surface area (Å²) in [6.45, 7) is 2.58. The molecule has 0 amide bonds. The summed E-state index contributed by atoms with van der Waals surface area (Å²) in [5, 5.41) is 3.23. The van der Waals surface area contributed by atoms with Crippen molar-refractivity contribution in [1.82, 2.24) is 14.5 Å². The quantitative estimate of drug-likeness (QED) is 0.303. The van der Waals surface area contributed by atoms with Gasteiger partial charge in [-0.3, -0.25) is 9.79 Å². The summed E-state index contributed by atoms with van der Waals surface area (Å²) >= 11 is 0. The fourth-order valence-corrected chi connectivity index (χ4v) is 5.61. The molecule has 1 N–H and O–H groups in total. The molecule has 190 valence electrons. The molecule has 0 unspecified atom stereocenters. The van der Waals surface area contributed by atoms with Gasteiger partial charge in [0.05, 0.1) is 0 Å². The van der Waals surface area contributed by atoms with Crippen LogP contribution in [0.25, 0.3) is 22.5 Å². The first kappa shape index (κ1) is 24.3. The number of aromatic nitrogens is 3. The minimum Gasteiger partial charge on any atom is -0.369 e. The van der Waals surface area contributed by atoms with Crippen LogP contribution < -0.4 is 15.4 Å². The van der Waals surface area contributed by atoms with Gasteiger partial charge in [-0.2, -0.15) is 13.4 Å². The number of hydrogen-bond donors (Lipinski definition) is 1. The fraction of sp³-hybridized carbons (Fsp3) is 0.167. The molecule has 37 heavy (non-hydrogen) atoms. The van der Waals surface area contributed by atoms with E-state index in [9.17, 15) is 17.6 Å². The summed E-state index contributed by atoms with van der Waals surface area (Å²) in [4.78, 5) is 27.8. The Morgan fingerprint density at radius 1 is 1.22 bits per heavy atom. The van der Waals surface area contributed by atoms with Gasteiger partial charge < -0.3 is 14.7 Å². The van der Waals surface area contributed by atoms with Crippen LogP contribution in [0.4, 0.5) is 20.3 Å². The highest BCUT2D eigenvalue weighted by Crippen LogP contribution is 2.42. The van der Waals surface area contributed by atoms with Crippen molar-refractivity contribution in [3.63, 3.8) is 0 Å². The molecule has 0 saturated carbocycles. The van der Waals surface area contributed by atoms with Crippen LogP contribution in [0.2, 0.25) is 0 Å². The van der Waals surface area contributed by atoms with E-state index in [0.29, 0.717) is 47.0 Å². The first-order chi connectivity index (χ1) is 17.8. The number of fused-ring (bicyclic) bond motifs is 3. The highest BCUT2D eigenvalue weighted by Gasteiger charge is 2.34. The molecule has 2 aromatic rings. The van der Waals surface area contributed by atoms with E-state index < -0.39 is 32.2 Å². The molecule has 3 heterocycles. The molecule has 5 rings (SSSR count). The lowest BCUT2D eigenvalue weighted by Gasteiger charge is -2.24. The van der Waals surface area contributed by atoms with Crippen LogP contribution in [-0.2, 0) is 26.2 Å². The summed E-state index contributed by atoms with van der Waals surface area (Å²) in [7, 11) is -3.25. The van der Waals surface area contributed by atoms with Crippen LogP contribution in [0, 0.1) is 18.6 Å². The lowest BCUT2D eigenvalue weighted by atomic mass is 9.97. The summed E-state index contributed by atoms with van der Waals surface area (Å²) < 4.78 is 59.1. The Bertz CT molecular complexity index is 1690. The Morgan fingerprint density at radius 3 is 2.73 bits per heavy atom. The van der Waals surface area contributed by atoms with Crippen LogP contribution in [0.3, 0.4) is 0 Å². The highest BCUT2D eigenvalue weighted by molar-refractivity contribution is 7.92. The molecule has 3 aliphatic heterocycles. The SMILES string of the molecule is CN=c1ncc2cc(-c3c(C)ccc(N(OC=O)S(=O)(=O)c4ccccc4F)c3F)c3n(c-2n1)CCN3. The monoisotopic (exact) mass is 526 g/mol. The molecule has 0 spiro atoms. The van der Waals surface area contributed by atoms with Crippen molar-refractivity contribution < 1.29 is 26.8 Å². The maximum absolute atomic E-state index is 16.2. The number of rotatable bonds is 6. The third-order valence-electron chi connectivity index (χ3n) is 5.96. The van der Waals surface area contributed by atoms with Crippen molar-refractivity contribution >= 4 is 28.0 Å². The number of nitrogens with zero attached hydrogens (tertiary/aromatic N) is 5. The van der Waals surface area contributed by atoms with Gasteiger partial charge in [0.15, 0.2) is 5.82 Å². The maximum Gasteiger partial charge on any atom is 0.322 e. The van der Waals surface area contributed by atoms with Crippen molar-refractivity contribution in [1.29, 1.82) is 0 Å². The van der Waals surface area contributed by atoms with Gasteiger partial charge >= 0.3 is 6.47 Å². The average molecular weight is 527 g/mol. The van der Waals surface area contributed by atoms with E-state index in [1.807, 2.05) is 4.57 Å². The Kier molecular flexibility index (Phi) is 6.07. The van der Waals surface area contributed by atoms with Gasteiger partial charge in [-0.1, -0.05) is 22.7 Å². The number of nitrogens with one attached hydrogen (secondary N) is 1. The standard InChI is InChI=1S/C24H20F2N6O4S/c1-14-7-8-18(32(36-13-33)37(34,35)19-6-4-3-5-17(19)25)21(26)20(14)16-11-15-12-29-24(27-2)30-22(15)31-10-9-28-23(16)31/h3-8,11-13,28H,9-10H2,1-2H3. The predicted octanol–water partition coefficient (Wildman–Crippen LogP) is 2.88. The van der Waals surface area contributed by atoms with Crippen molar-refractivity contribution in [2.45, 2.75) is 18.4 Å². The van der Waals surface area contributed by atoms with E-state index in [0.717, 1.165) is 18.2 Å². The molecular formula is C24H20F2N6O4S. The molecule has 0 aromatic heterocycles. The summed E-state index contributed by atoms with van der Waals surface area (Å²) in [6.07, 6.45) is 1.57. The molecular weight excluding hydrogens is 506 g/mol. The first-order valence-electron chi connectivity index (χ1n) is 11.0. The Hall–Kier alpha value is -4.39. The lowest BCUT2D eigenvalue weighted by Crippen LogP contribution is -2.32. The number of halogens is 2. The van der Waals surface area contributed by atoms with Crippen molar-refractivity contribution in [3.05, 3.63) is 71.5 Å². The second-order valence-corrected chi connectivity index (χ2v) is 9.83. The molecule has 3 aliphatic rings. The van der Waals surface area contributed by atoms with Crippen LogP contribution in [0.1, 0.15) is 5.56 Å². The van der Waals surface area contributed by atoms with Gasteiger partial charge in [0, 0.05) is 43.0 Å². The van der Waals surface area contributed by atoms with Gasteiger partial charge in [0.2, 0.25) is 5.62 Å². The van der Waals surface area contributed by atoms with Crippen molar-refractivity contribution in [2.24, 2.45) is 4.99 Å². The maximum atomic E-state index is 16.2. The smallest absolute Gasteiger partial charge is 0.322 e. The van der Waals surface area contributed by atoms with Crippen LogP contribution >= 0.6 is 0 Å². The van der Waals surface area contributed by atoms with Gasteiger partial charge in [0.1, 0.15) is 28.0 Å². The minimum atomic E-state index is -4.82. The number of carbonyl (C=O) groups excluding carboxylic acids is 1. The summed E-state index contributed by atoms with van der Waals surface area (Å²) in [5.74, 6) is -0.909. The van der Waals surface area contributed by atoms with E-state index in [1.54, 1.807) is 26.2 Å². The molecule has 0 atom stereocenters. The highest BCUT2D eigenvalue weighted by atomic mass is 32.2. The zero-order chi connectivity index (χ0) is 26.3. The molecule has 10 nitrogen and oxygen atoms in total. The molecule has 0 aliphatic carbocycles. The van der Waals surface area contributed by atoms with Gasteiger partial charge in [-0.25, -0.2) is 13.8 Å². The molecule has 0 bridgehead atoms. The predicted molar refractivity (Wildman–Crippen MR) is 130 cm³/mol. The number of sulfonamides is 1. The zero-order valence-corrected chi connectivity index (χ0v) is 20.5. The molecule has 0 saturated heterocycles. The number of aryl methyl sites for hydroxylation is 1. The summed E-state index contributed by atoms with van der Waals surface area (Å²) in [5.41, 5.74) is 1.27. The lowest BCUT2D eigenvalue weighted by molar-refractivity contribution is -0.128. The Labute approximate surface area is 210 Å². The molecule has 2 aromatic carbocycles. The number of anilines is 2. The van der Waals surface area contributed by atoms with Gasteiger partial charge in [-0.05, 0) is 36.8 Å². The topological polar surface area (TPSA) is 119 Å².